The third-order valence-corrected chi connectivity index (χ3v) is 4.73. The van der Waals surface area contributed by atoms with Gasteiger partial charge in [0.15, 0.2) is 10.2 Å². The molecule has 1 aromatic carbocycles. The minimum Gasteiger partial charge on any atom is -0.326 e. The quantitative estimate of drug-likeness (QED) is 0.938. The Morgan fingerprint density at radius 1 is 1.50 bits per heavy atom. The molecule has 16 heavy (non-hydrogen) atoms. The Hall–Kier alpha value is -0.430. The fourth-order valence-corrected chi connectivity index (χ4v) is 3.42. The largest absolute Gasteiger partial charge is 0.326 e. The number of hydrogen-bond donors (Lipinski definition) is 1. The Labute approximate surface area is 109 Å². The number of rotatable bonds is 3. The molecule has 0 atom stereocenters. The molecule has 0 aliphatic heterocycles. The van der Waals surface area contributed by atoms with Crippen LogP contribution >= 0.6 is 39.0 Å². The van der Waals surface area contributed by atoms with Gasteiger partial charge < -0.3 is 5.73 Å². The topological polar surface area (TPSA) is 38.9 Å². The van der Waals surface area contributed by atoms with Gasteiger partial charge in [-0.2, -0.15) is 0 Å². The zero-order valence-corrected chi connectivity index (χ0v) is 11.3. The molecule has 0 radical (unpaired) electrons. The highest BCUT2D eigenvalue weighted by Gasteiger charge is 2.12. The lowest BCUT2D eigenvalue weighted by molar-refractivity contribution is 0.592. The van der Waals surface area contributed by atoms with Gasteiger partial charge in [0.1, 0.15) is 0 Å². The van der Waals surface area contributed by atoms with Crippen LogP contribution in [0.25, 0.3) is 0 Å². The molecular weight excluding hydrogens is 311 g/mol. The van der Waals surface area contributed by atoms with Gasteiger partial charge in [-0.25, -0.2) is 9.37 Å². The summed E-state index contributed by atoms with van der Waals surface area (Å²) in [6.07, 6.45) is 1.70. The van der Waals surface area contributed by atoms with Gasteiger partial charge in [0.25, 0.3) is 0 Å². The average molecular weight is 319 g/mol. The van der Waals surface area contributed by atoms with Crippen molar-refractivity contribution in [1.82, 2.24) is 4.98 Å². The van der Waals surface area contributed by atoms with E-state index in [1.807, 2.05) is 11.4 Å². The van der Waals surface area contributed by atoms with Crippen molar-refractivity contribution in [3.63, 3.8) is 0 Å². The summed E-state index contributed by atoms with van der Waals surface area (Å²) in [7, 11) is 0. The highest BCUT2D eigenvalue weighted by atomic mass is 79.9. The third-order valence-electron chi connectivity index (χ3n) is 1.95. The van der Waals surface area contributed by atoms with Crippen LogP contribution in [0.4, 0.5) is 4.39 Å². The number of hydrogen-bond acceptors (Lipinski definition) is 4. The smallest absolute Gasteiger partial charge is 0.154 e. The molecule has 0 aliphatic carbocycles. The number of thiazole rings is 1. The molecule has 0 fully saturated rings. The van der Waals surface area contributed by atoms with Crippen molar-refractivity contribution in [2.24, 2.45) is 5.73 Å². The second-order valence-corrected chi connectivity index (χ2v) is 5.93. The molecule has 0 spiro atoms. The molecule has 0 amide bonds. The maximum Gasteiger partial charge on any atom is 0.154 e. The highest BCUT2D eigenvalue weighted by molar-refractivity contribution is 9.10. The van der Waals surface area contributed by atoms with Crippen LogP contribution in [0.5, 0.6) is 0 Å². The van der Waals surface area contributed by atoms with Crippen LogP contribution in [-0.4, -0.2) is 4.98 Å². The lowest BCUT2D eigenvalue weighted by Crippen LogP contribution is -1.99. The van der Waals surface area contributed by atoms with E-state index in [0.717, 1.165) is 9.90 Å². The number of nitrogens with two attached hydrogens (primary N) is 1. The van der Waals surface area contributed by atoms with Crippen LogP contribution in [0.3, 0.4) is 0 Å². The molecule has 0 aliphatic rings. The normalized spacial score (nSPS) is 10.7. The Morgan fingerprint density at radius 2 is 2.31 bits per heavy atom. The molecule has 1 aromatic heterocycles. The second-order valence-electron chi connectivity index (χ2n) is 2.95. The van der Waals surface area contributed by atoms with Gasteiger partial charge in [-0.3, -0.25) is 0 Å². The Morgan fingerprint density at radius 3 is 2.94 bits per heavy atom. The molecular formula is C10H8BrFN2S2. The summed E-state index contributed by atoms with van der Waals surface area (Å²) in [6.45, 7) is 0.319. The van der Waals surface area contributed by atoms with Crippen molar-refractivity contribution in [1.29, 1.82) is 0 Å². The van der Waals surface area contributed by atoms with Gasteiger partial charge in [0, 0.05) is 18.1 Å². The highest BCUT2D eigenvalue weighted by Crippen LogP contribution is 2.35. The van der Waals surface area contributed by atoms with Crippen LogP contribution < -0.4 is 5.73 Å². The van der Waals surface area contributed by atoms with E-state index in [-0.39, 0.29) is 5.82 Å². The number of halogens is 2. The van der Waals surface area contributed by atoms with Crippen molar-refractivity contribution < 1.29 is 4.39 Å². The van der Waals surface area contributed by atoms with Crippen molar-refractivity contribution in [3.05, 3.63) is 39.6 Å². The molecule has 0 bridgehead atoms. The average Bonchev–Trinajstić information content (AvgIpc) is 2.78. The van der Waals surface area contributed by atoms with E-state index in [1.165, 1.54) is 23.1 Å². The maximum atomic E-state index is 13.9. The molecule has 2 aromatic rings. The van der Waals surface area contributed by atoms with Crippen LogP contribution in [-0.2, 0) is 6.54 Å². The summed E-state index contributed by atoms with van der Waals surface area (Å²) >= 11 is 6.01. The van der Waals surface area contributed by atoms with E-state index in [0.29, 0.717) is 15.9 Å². The molecule has 0 saturated carbocycles. The SMILES string of the molecule is NCc1ccc(Sc2nccs2)c(F)c1Br. The third kappa shape index (κ3) is 2.45. The van der Waals surface area contributed by atoms with E-state index in [9.17, 15) is 4.39 Å². The van der Waals surface area contributed by atoms with E-state index >= 15 is 0 Å². The first-order chi connectivity index (χ1) is 7.72. The van der Waals surface area contributed by atoms with E-state index in [2.05, 4.69) is 20.9 Å². The molecule has 2 rings (SSSR count). The fourth-order valence-electron chi connectivity index (χ4n) is 1.16. The summed E-state index contributed by atoms with van der Waals surface area (Å²) in [5, 5.41) is 1.86. The predicted octanol–water partition coefficient (Wildman–Crippen LogP) is 3.65. The standard InChI is InChI=1S/C10H8BrFN2S2/c11-8-6(5-13)1-2-7(9(8)12)16-10-14-3-4-15-10/h1-4H,5,13H2. The molecule has 6 heteroatoms. The molecule has 2 N–H and O–H groups in total. The number of nitrogens with zero attached hydrogens (tertiary/aromatic N) is 1. The van der Waals surface area contributed by atoms with E-state index < -0.39 is 0 Å². The monoisotopic (exact) mass is 318 g/mol. The van der Waals surface area contributed by atoms with Crippen molar-refractivity contribution >= 4 is 39.0 Å². The summed E-state index contributed by atoms with van der Waals surface area (Å²) in [5.74, 6) is -0.275. The first-order valence-corrected chi connectivity index (χ1v) is 6.95. The van der Waals surface area contributed by atoms with Gasteiger partial charge in [-0.15, -0.1) is 11.3 Å². The Kier molecular flexibility index (Phi) is 3.96. The van der Waals surface area contributed by atoms with Gasteiger partial charge in [0.05, 0.1) is 9.37 Å². The van der Waals surface area contributed by atoms with E-state index in [4.69, 9.17) is 5.73 Å². The van der Waals surface area contributed by atoms with Gasteiger partial charge in [0.2, 0.25) is 0 Å². The zero-order valence-electron chi connectivity index (χ0n) is 8.11. The summed E-state index contributed by atoms with van der Waals surface area (Å²) in [4.78, 5) is 4.65. The molecule has 1 heterocycles. The lowest BCUT2D eigenvalue weighted by atomic mass is 10.2. The van der Waals surface area contributed by atoms with Crippen LogP contribution in [0.1, 0.15) is 5.56 Å². The zero-order chi connectivity index (χ0) is 11.5. The van der Waals surface area contributed by atoms with Gasteiger partial charge in [-0.05, 0) is 27.6 Å². The van der Waals surface area contributed by atoms with Crippen LogP contribution in [0.15, 0.2) is 37.4 Å². The first kappa shape index (κ1) is 12.0. The van der Waals surface area contributed by atoms with Crippen molar-refractivity contribution in [2.75, 3.05) is 0 Å². The molecule has 84 valence electrons. The van der Waals surface area contributed by atoms with Crippen LogP contribution in [0.2, 0.25) is 0 Å². The number of benzene rings is 1. The van der Waals surface area contributed by atoms with Gasteiger partial charge in [-0.1, -0.05) is 17.8 Å². The van der Waals surface area contributed by atoms with E-state index in [1.54, 1.807) is 12.3 Å². The molecule has 0 unspecified atom stereocenters. The number of aromatic nitrogens is 1. The van der Waals surface area contributed by atoms with Gasteiger partial charge >= 0.3 is 0 Å². The lowest BCUT2D eigenvalue weighted by Gasteiger charge is -2.06. The minimum atomic E-state index is -0.275. The molecule has 0 saturated heterocycles. The predicted molar refractivity (Wildman–Crippen MR) is 68.2 cm³/mol. The van der Waals surface area contributed by atoms with Crippen molar-refractivity contribution in [3.8, 4) is 0 Å². The van der Waals surface area contributed by atoms with Crippen LogP contribution in [0, 0.1) is 5.82 Å². The fraction of sp³-hybridized carbons (Fsp3) is 0.100. The summed E-state index contributed by atoms with van der Waals surface area (Å²) < 4.78 is 15.2. The summed E-state index contributed by atoms with van der Waals surface area (Å²) in [5.41, 5.74) is 6.26. The summed E-state index contributed by atoms with van der Waals surface area (Å²) in [6, 6.07) is 3.55. The maximum absolute atomic E-state index is 13.9. The second kappa shape index (κ2) is 5.27. The minimum absolute atomic E-state index is 0.275. The van der Waals surface area contributed by atoms with Crippen molar-refractivity contribution in [2.45, 2.75) is 15.8 Å². The Balaban J connectivity index is 2.32. The first-order valence-electron chi connectivity index (χ1n) is 4.46. The Bertz CT molecular complexity index is 488. The molecule has 2 nitrogen and oxygen atoms in total.